The smallest absolute Gasteiger partial charge is 0.258 e. The molecule has 1 atom stereocenters. The lowest BCUT2D eigenvalue weighted by molar-refractivity contribution is -0.116. The van der Waals surface area contributed by atoms with Crippen LogP contribution in [-0.4, -0.2) is 20.3 Å². The molecule has 5 rings (SSSR count). The Kier molecular flexibility index (Phi) is 3.00. The summed E-state index contributed by atoms with van der Waals surface area (Å²) in [4.78, 5) is 32.3. The number of imidazole rings is 1. The number of anilines is 1. The van der Waals surface area contributed by atoms with Crippen LogP contribution in [0.25, 0.3) is 16.8 Å². The van der Waals surface area contributed by atoms with Gasteiger partial charge in [-0.1, -0.05) is 24.3 Å². The maximum absolute atomic E-state index is 13.7. The molecular weight excluding hydrogens is 335 g/mol. The van der Waals surface area contributed by atoms with Crippen LogP contribution in [0.2, 0.25) is 0 Å². The summed E-state index contributed by atoms with van der Waals surface area (Å²) in [5.41, 5.74) is 2.15. The number of halogens is 1. The first-order valence-electron chi connectivity index (χ1n) is 8.20. The number of hydrogen-bond acceptors (Lipinski definition) is 3. The molecule has 0 aliphatic carbocycles. The van der Waals surface area contributed by atoms with Gasteiger partial charge in [-0.05, 0) is 29.8 Å². The third-order valence-corrected chi connectivity index (χ3v) is 4.76. The van der Waals surface area contributed by atoms with Crippen molar-refractivity contribution in [2.45, 2.75) is 12.3 Å². The van der Waals surface area contributed by atoms with Crippen molar-refractivity contribution in [2.75, 3.05) is 5.32 Å². The van der Waals surface area contributed by atoms with Gasteiger partial charge in [0, 0.05) is 12.3 Å². The molecule has 0 saturated carbocycles. The molecule has 128 valence electrons. The van der Waals surface area contributed by atoms with Gasteiger partial charge in [0.1, 0.15) is 11.6 Å². The molecule has 0 bridgehead atoms. The van der Waals surface area contributed by atoms with Crippen LogP contribution in [0.15, 0.2) is 53.3 Å². The highest BCUT2D eigenvalue weighted by atomic mass is 19.1. The van der Waals surface area contributed by atoms with E-state index in [4.69, 9.17) is 0 Å². The number of para-hydroxylation sites is 2. The number of nitrogens with zero attached hydrogens (tertiary/aromatic N) is 2. The summed E-state index contributed by atoms with van der Waals surface area (Å²) in [5, 5.41) is 2.81. The van der Waals surface area contributed by atoms with Crippen molar-refractivity contribution in [2.24, 2.45) is 0 Å². The largest absolute Gasteiger partial charge is 0.311 e. The second kappa shape index (κ2) is 5.26. The SMILES string of the molecule is O=C1CC(c2cccc(F)c2)c2c(n3c(nc4ccccc43)[nH]c2=O)N1. The summed E-state index contributed by atoms with van der Waals surface area (Å²) in [6, 6.07) is 13.4. The second-order valence-corrected chi connectivity index (χ2v) is 6.34. The molecule has 2 N–H and O–H groups in total. The molecule has 6 nitrogen and oxygen atoms in total. The summed E-state index contributed by atoms with van der Waals surface area (Å²) < 4.78 is 15.4. The lowest BCUT2D eigenvalue weighted by atomic mass is 9.87. The highest BCUT2D eigenvalue weighted by Gasteiger charge is 2.32. The van der Waals surface area contributed by atoms with Crippen LogP contribution in [0.1, 0.15) is 23.5 Å². The van der Waals surface area contributed by atoms with E-state index in [0.717, 1.165) is 5.52 Å². The molecule has 3 heterocycles. The van der Waals surface area contributed by atoms with E-state index in [1.54, 1.807) is 16.5 Å². The lowest BCUT2D eigenvalue weighted by Gasteiger charge is -2.25. The third kappa shape index (κ3) is 2.07. The van der Waals surface area contributed by atoms with Crippen LogP contribution >= 0.6 is 0 Å². The Hall–Kier alpha value is -3.48. The average molecular weight is 348 g/mol. The van der Waals surface area contributed by atoms with Gasteiger partial charge in [-0.15, -0.1) is 0 Å². The first kappa shape index (κ1) is 14.8. The highest BCUT2D eigenvalue weighted by Crippen LogP contribution is 2.36. The van der Waals surface area contributed by atoms with Crippen molar-refractivity contribution in [3.63, 3.8) is 0 Å². The molecule has 1 unspecified atom stereocenters. The molecular formula is C19H13FN4O2. The zero-order valence-corrected chi connectivity index (χ0v) is 13.5. The van der Waals surface area contributed by atoms with Gasteiger partial charge in [0.25, 0.3) is 5.56 Å². The maximum Gasteiger partial charge on any atom is 0.258 e. The summed E-state index contributed by atoms with van der Waals surface area (Å²) in [6.07, 6.45) is 0.0810. The lowest BCUT2D eigenvalue weighted by Crippen LogP contribution is -2.32. The number of H-pyrrole nitrogens is 1. The third-order valence-electron chi connectivity index (χ3n) is 4.76. The van der Waals surface area contributed by atoms with Crippen LogP contribution in [0, 0.1) is 5.82 Å². The Morgan fingerprint density at radius 3 is 2.81 bits per heavy atom. The fourth-order valence-electron chi connectivity index (χ4n) is 3.66. The first-order valence-corrected chi connectivity index (χ1v) is 8.20. The van der Waals surface area contributed by atoms with E-state index < -0.39 is 11.7 Å². The number of carbonyl (C=O) groups is 1. The van der Waals surface area contributed by atoms with Gasteiger partial charge in [-0.2, -0.15) is 0 Å². The number of amides is 1. The molecule has 0 spiro atoms. The predicted molar refractivity (Wildman–Crippen MR) is 94.8 cm³/mol. The van der Waals surface area contributed by atoms with E-state index in [1.807, 2.05) is 24.3 Å². The number of nitrogens with one attached hydrogen (secondary N) is 2. The van der Waals surface area contributed by atoms with E-state index in [0.29, 0.717) is 28.2 Å². The van der Waals surface area contributed by atoms with Gasteiger partial charge >= 0.3 is 0 Å². The number of aromatic nitrogens is 3. The molecule has 2 aromatic heterocycles. The number of carbonyl (C=O) groups excluding carboxylic acids is 1. The average Bonchev–Trinajstić information content (AvgIpc) is 2.99. The standard InChI is InChI=1S/C19H13FN4O2/c20-11-5-3-4-10(8-11)12-9-15(25)22-17-16(12)18(26)23-19-21-13-6-1-2-7-14(13)24(17)19/h1-8,12H,9H2,(H,22,25)(H,21,23,26). The maximum atomic E-state index is 13.7. The minimum atomic E-state index is -0.524. The Morgan fingerprint density at radius 1 is 1.12 bits per heavy atom. The fraction of sp³-hybridized carbons (Fsp3) is 0.105. The molecule has 0 saturated heterocycles. The number of fused-ring (bicyclic) bond motifs is 5. The zero-order valence-electron chi connectivity index (χ0n) is 13.5. The first-order chi connectivity index (χ1) is 12.6. The number of benzene rings is 2. The van der Waals surface area contributed by atoms with Crippen molar-refractivity contribution in [3.8, 4) is 0 Å². The molecule has 0 radical (unpaired) electrons. The Balaban J connectivity index is 1.87. The number of rotatable bonds is 1. The van der Waals surface area contributed by atoms with Gasteiger partial charge in [-0.3, -0.25) is 19.0 Å². The molecule has 1 amide bonds. The van der Waals surface area contributed by atoms with E-state index in [-0.39, 0.29) is 17.9 Å². The highest BCUT2D eigenvalue weighted by molar-refractivity contribution is 5.96. The quantitative estimate of drug-likeness (QED) is 0.555. The minimum absolute atomic E-state index is 0.0810. The summed E-state index contributed by atoms with van der Waals surface area (Å²) >= 11 is 0. The predicted octanol–water partition coefficient (Wildman–Crippen LogP) is 2.79. The van der Waals surface area contributed by atoms with Crippen molar-refractivity contribution < 1.29 is 9.18 Å². The van der Waals surface area contributed by atoms with Gasteiger partial charge in [0.15, 0.2) is 0 Å². The monoisotopic (exact) mass is 348 g/mol. The van der Waals surface area contributed by atoms with Crippen molar-refractivity contribution in [3.05, 3.63) is 75.8 Å². The number of aromatic amines is 1. The Labute approximate surface area is 146 Å². The zero-order chi connectivity index (χ0) is 17.8. The molecule has 7 heteroatoms. The van der Waals surface area contributed by atoms with Crippen molar-refractivity contribution >= 4 is 28.5 Å². The Bertz CT molecular complexity index is 1260. The summed E-state index contributed by atoms with van der Waals surface area (Å²) in [6.45, 7) is 0. The van der Waals surface area contributed by atoms with E-state index in [9.17, 15) is 14.0 Å². The Morgan fingerprint density at radius 2 is 1.96 bits per heavy atom. The van der Waals surface area contributed by atoms with E-state index in [1.165, 1.54) is 12.1 Å². The summed E-state index contributed by atoms with van der Waals surface area (Å²) in [5.74, 6) is -0.404. The van der Waals surface area contributed by atoms with Crippen LogP contribution in [0.4, 0.5) is 10.2 Å². The number of hydrogen-bond donors (Lipinski definition) is 2. The topological polar surface area (TPSA) is 79.3 Å². The normalized spacial score (nSPS) is 16.7. The van der Waals surface area contributed by atoms with Crippen LogP contribution in [-0.2, 0) is 4.79 Å². The van der Waals surface area contributed by atoms with Crippen LogP contribution in [0.3, 0.4) is 0 Å². The van der Waals surface area contributed by atoms with Gasteiger partial charge in [-0.25, -0.2) is 9.37 Å². The van der Waals surface area contributed by atoms with Crippen molar-refractivity contribution in [1.29, 1.82) is 0 Å². The van der Waals surface area contributed by atoms with Crippen LogP contribution < -0.4 is 10.9 Å². The second-order valence-electron chi connectivity index (χ2n) is 6.34. The molecule has 1 aliphatic rings. The summed E-state index contributed by atoms with van der Waals surface area (Å²) in [7, 11) is 0. The molecule has 2 aromatic carbocycles. The van der Waals surface area contributed by atoms with Gasteiger partial charge < -0.3 is 5.32 Å². The van der Waals surface area contributed by atoms with E-state index >= 15 is 0 Å². The fourth-order valence-corrected chi connectivity index (χ4v) is 3.66. The molecule has 1 aliphatic heterocycles. The van der Waals surface area contributed by atoms with Gasteiger partial charge in [0.05, 0.1) is 16.6 Å². The van der Waals surface area contributed by atoms with E-state index in [2.05, 4.69) is 15.3 Å². The van der Waals surface area contributed by atoms with Gasteiger partial charge in [0.2, 0.25) is 11.7 Å². The molecule has 4 aromatic rings. The van der Waals surface area contributed by atoms with Crippen LogP contribution in [0.5, 0.6) is 0 Å². The van der Waals surface area contributed by atoms with Crippen molar-refractivity contribution in [1.82, 2.24) is 14.4 Å². The molecule has 0 fully saturated rings. The molecule has 26 heavy (non-hydrogen) atoms. The minimum Gasteiger partial charge on any atom is -0.311 e.